The van der Waals surface area contributed by atoms with Crippen molar-refractivity contribution in [3.63, 3.8) is 0 Å². The number of benzene rings is 2. The van der Waals surface area contributed by atoms with Gasteiger partial charge in [0.05, 0.1) is 26.6 Å². The zero-order chi connectivity index (χ0) is 20.9. The Bertz CT molecular complexity index is 791. The lowest BCUT2D eigenvalue weighted by molar-refractivity contribution is -0.145. The Morgan fingerprint density at radius 2 is 1.52 bits per heavy atom. The Morgan fingerprint density at radius 1 is 0.828 bits per heavy atom. The van der Waals surface area contributed by atoms with Crippen LogP contribution in [0.4, 0.5) is 0 Å². The van der Waals surface area contributed by atoms with Gasteiger partial charge in [-0.15, -0.1) is 0 Å². The number of methoxy groups -OCH3 is 1. The molecule has 2 rings (SSSR count). The van der Waals surface area contributed by atoms with E-state index in [0.29, 0.717) is 12.4 Å². The van der Waals surface area contributed by atoms with Crippen LogP contribution in [-0.2, 0) is 32.0 Å². The standard InChI is InChI=1S/C22H26N2O5/c1-28-19-11-9-18(10-12-19)16-21(26)24-23-20(25)13-14-22(27)29-15-5-8-17-6-3-2-4-7-17/h2-4,6-7,9-12H,5,8,13-16H2,1H3,(H,23,25)(H,24,26). The third-order valence-electron chi connectivity index (χ3n) is 4.14. The average Bonchev–Trinajstić information content (AvgIpc) is 2.75. The Labute approximate surface area is 170 Å². The van der Waals surface area contributed by atoms with E-state index in [1.807, 2.05) is 30.3 Å². The van der Waals surface area contributed by atoms with Gasteiger partial charge in [0.25, 0.3) is 0 Å². The van der Waals surface area contributed by atoms with E-state index in [9.17, 15) is 14.4 Å². The molecular formula is C22H26N2O5. The van der Waals surface area contributed by atoms with E-state index >= 15 is 0 Å². The Kier molecular flexibility index (Phi) is 9.21. The molecular weight excluding hydrogens is 372 g/mol. The van der Waals surface area contributed by atoms with Gasteiger partial charge < -0.3 is 9.47 Å². The molecule has 0 fully saturated rings. The second-order valence-electron chi connectivity index (χ2n) is 6.43. The van der Waals surface area contributed by atoms with E-state index in [4.69, 9.17) is 9.47 Å². The van der Waals surface area contributed by atoms with Gasteiger partial charge in [-0.25, -0.2) is 0 Å². The summed E-state index contributed by atoms with van der Waals surface area (Å²) in [5, 5.41) is 0. The normalized spacial score (nSPS) is 10.1. The molecule has 0 unspecified atom stereocenters. The Hall–Kier alpha value is -3.35. The summed E-state index contributed by atoms with van der Waals surface area (Å²) in [4.78, 5) is 35.3. The molecule has 0 saturated heterocycles. The third-order valence-corrected chi connectivity index (χ3v) is 4.14. The molecule has 2 N–H and O–H groups in total. The Morgan fingerprint density at radius 3 is 2.21 bits per heavy atom. The number of esters is 1. The monoisotopic (exact) mass is 398 g/mol. The van der Waals surface area contributed by atoms with E-state index in [2.05, 4.69) is 10.9 Å². The molecule has 0 aliphatic rings. The van der Waals surface area contributed by atoms with E-state index in [-0.39, 0.29) is 25.2 Å². The van der Waals surface area contributed by atoms with Crippen LogP contribution >= 0.6 is 0 Å². The van der Waals surface area contributed by atoms with Crippen molar-refractivity contribution in [3.8, 4) is 5.75 Å². The number of hydrogen-bond donors (Lipinski definition) is 2. The molecule has 2 aromatic rings. The smallest absolute Gasteiger partial charge is 0.306 e. The second-order valence-corrected chi connectivity index (χ2v) is 6.43. The van der Waals surface area contributed by atoms with Gasteiger partial charge >= 0.3 is 5.97 Å². The lowest BCUT2D eigenvalue weighted by atomic mass is 10.1. The summed E-state index contributed by atoms with van der Waals surface area (Å²) >= 11 is 0. The first-order valence-corrected chi connectivity index (χ1v) is 9.47. The van der Waals surface area contributed by atoms with Crippen LogP contribution in [0.1, 0.15) is 30.4 Å². The zero-order valence-corrected chi connectivity index (χ0v) is 16.5. The molecule has 2 amide bonds. The minimum absolute atomic E-state index is 0.0362. The highest BCUT2D eigenvalue weighted by molar-refractivity contribution is 5.85. The first-order chi connectivity index (χ1) is 14.1. The summed E-state index contributed by atoms with van der Waals surface area (Å²) in [7, 11) is 1.57. The fourth-order valence-electron chi connectivity index (χ4n) is 2.57. The van der Waals surface area contributed by atoms with Crippen LogP contribution in [0.15, 0.2) is 54.6 Å². The number of hydrazine groups is 1. The largest absolute Gasteiger partial charge is 0.497 e. The van der Waals surface area contributed by atoms with Crippen molar-refractivity contribution in [1.29, 1.82) is 0 Å². The molecule has 0 aliphatic heterocycles. The maximum Gasteiger partial charge on any atom is 0.306 e. The molecule has 0 aromatic heterocycles. The van der Waals surface area contributed by atoms with Gasteiger partial charge in [-0.05, 0) is 36.1 Å². The SMILES string of the molecule is COc1ccc(CC(=O)NNC(=O)CCC(=O)OCCCc2ccccc2)cc1. The summed E-state index contributed by atoms with van der Waals surface area (Å²) in [6.07, 6.45) is 1.58. The van der Waals surface area contributed by atoms with E-state index < -0.39 is 11.9 Å². The van der Waals surface area contributed by atoms with Crippen molar-refractivity contribution in [2.45, 2.75) is 32.1 Å². The highest BCUT2D eigenvalue weighted by atomic mass is 16.5. The number of rotatable bonds is 10. The van der Waals surface area contributed by atoms with Crippen LogP contribution in [0.2, 0.25) is 0 Å². The van der Waals surface area contributed by atoms with Gasteiger partial charge in [-0.2, -0.15) is 0 Å². The maximum atomic E-state index is 11.9. The van der Waals surface area contributed by atoms with Crippen LogP contribution in [0, 0.1) is 0 Å². The quantitative estimate of drug-likeness (QED) is 0.364. The number of carbonyl (C=O) groups is 3. The van der Waals surface area contributed by atoms with E-state index in [0.717, 1.165) is 18.4 Å². The minimum atomic E-state index is -0.450. The van der Waals surface area contributed by atoms with E-state index in [1.165, 1.54) is 5.56 Å². The van der Waals surface area contributed by atoms with Gasteiger partial charge in [0.15, 0.2) is 0 Å². The highest BCUT2D eigenvalue weighted by Crippen LogP contribution is 2.11. The van der Waals surface area contributed by atoms with Crippen LogP contribution in [0.3, 0.4) is 0 Å². The van der Waals surface area contributed by atoms with Gasteiger partial charge in [-0.1, -0.05) is 42.5 Å². The average molecular weight is 398 g/mol. The maximum absolute atomic E-state index is 11.9. The molecule has 29 heavy (non-hydrogen) atoms. The minimum Gasteiger partial charge on any atom is -0.497 e. The fourth-order valence-corrected chi connectivity index (χ4v) is 2.57. The van der Waals surface area contributed by atoms with Crippen molar-refractivity contribution in [2.24, 2.45) is 0 Å². The highest BCUT2D eigenvalue weighted by Gasteiger charge is 2.10. The molecule has 7 heteroatoms. The summed E-state index contributed by atoms with van der Waals surface area (Å²) in [6, 6.07) is 17.0. The number of carbonyl (C=O) groups excluding carboxylic acids is 3. The van der Waals surface area contributed by atoms with E-state index in [1.54, 1.807) is 31.4 Å². The van der Waals surface area contributed by atoms with Gasteiger partial charge in [-0.3, -0.25) is 25.2 Å². The van der Waals surface area contributed by atoms with Gasteiger partial charge in [0, 0.05) is 6.42 Å². The molecule has 2 aromatic carbocycles. The second kappa shape index (κ2) is 12.2. The molecule has 0 spiro atoms. The van der Waals surface area contributed by atoms with Crippen LogP contribution < -0.4 is 15.6 Å². The van der Waals surface area contributed by atoms with Gasteiger partial charge in [0.1, 0.15) is 5.75 Å². The number of ether oxygens (including phenoxy) is 2. The van der Waals surface area contributed by atoms with Crippen LogP contribution in [0.25, 0.3) is 0 Å². The van der Waals surface area contributed by atoms with Crippen molar-refractivity contribution >= 4 is 17.8 Å². The van der Waals surface area contributed by atoms with Crippen molar-refractivity contribution in [2.75, 3.05) is 13.7 Å². The molecule has 154 valence electrons. The summed E-state index contributed by atoms with van der Waals surface area (Å²) in [5.74, 6) is -0.534. The topological polar surface area (TPSA) is 93.7 Å². The fraction of sp³-hybridized carbons (Fsp3) is 0.318. The molecule has 0 bridgehead atoms. The summed E-state index contributed by atoms with van der Waals surface area (Å²) in [5.41, 5.74) is 6.61. The lowest BCUT2D eigenvalue weighted by Crippen LogP contribution is -2.42. The van der Waals surface area contributed by atoms with Crippen LogP contribution in [-0.4, -0.2) is 31.5 Å². The number of aryl methyl sites for hydroxylation is 1. The summed E-state index contributed by atoms with van der Waals surface area (Å²) < 4.78 is 10.2. The first-order valence-electron chi connectivity index (χ1n) is 9.47. The molecule has 0 aliphatic carbocycles. The predicted octanol–water partition coefficient (Wildman–Crippen LogP) is 2.34. The molecule has 0 atom stereocenters. The lowest BCUT2D eigenvalue weighted by Gasteiger charge is -2.08. The number of nitrogens with one attached hydrogen (secondary N) is 2. The predicted molar refractivity (Wildman–Crippen MR) is 108 cm³/mol. The Balaban J connectivity index is 1.55. The molecule has 7 nitrogen and oxygen atoms in total. The summed E-state index contributed by atoms with van der Waals surface area (Å²) in [6.45, 7) is 0.313. The van der Waals surface area contributed by atoms with Crippen molar-refractivity contribution in [1.82, 2.24) is 10.9 Å². The molecule has 0 heterocycles. The number of hydrogen-bond acceptors (Lipinski definition) is 5. The van der Waals surface area contributed by atoms with Crippen molar-refractivity contribution < 1.29 is 23.9 Å². The van der Waals surface area contributed by atoms with Gasteiger partial charge in [0.2, 0.25) is 11.8 Å². The molecule has 0 radical (unpaired) electrons. The zero-order valence-electron chi connectivity index (χ0n) is 16.5. The number of amides is 2. The van der Waals surface area contributed by atoms with Crippen molar-refractivity contribution in [3.05, 3.63) is 65.7 Å². The molecule has 0 saturated carbocycles. The first kappa shape index (κ1) is 21.9. The third kappa shape index (κ3) is 8.92. The van der Waals surface area contributed by atoms with Crippen LogP contribution in [0.5, 0.6) is 5.75 Å².